The van der Waals surface area contributed by atoms with Crippen molar-refractivity contribution in [2.24, 2.45) is 0 Å². The highest BCUT2D eigenvalue weighted by molar-refractivity contribution is 5.69. The van der Waals surface area contributed by atoms with Crippen LogP contribution in [0.3, 0.4) is 0 Å². The van der Waals surface area contributed by atoms with Gasteiger partial charge in [0.15, 0.2) is 0 Å². The molecule has 104 valence electrons. The maximum absolute atomic E-state index is 13.1. The Labute approximate surface area is 116 Å². The van der Waals surface area contributed by atoms with Crippen LogP contribution in [0.5, 0.6) is 0 Å². The predicted octanol–water partition coefficient (Wildman–Crippen LogP) is 5.27. The summed E-state index contributed by atoms with van der Waals surface area (Å²) in [5.41, 5.74) is 0.695. The molecule has 0 atom stereocenters. The largest absolute Gasteiger partial charge is 0.416 e. The Morgan fingerprint density at radius 3 is 1.95 bits per heavy atom. The molecule has 0 N–H and O–H groups in total. The lowest BCUT2D eigenvalue weighted by Gasteiger charge is -2.12. The molecule has 0 unspecified atom stereocenters. The maximum Gasteiger partial charge on any atom is 0.416 e. The van der Waals surface area contributed by atoms with E-state index in [1.165, 1.54) is 18.2 Å². The van der Waals surface area contributed by atoms with Gasteiger partial charge in [0.25, 0.3) is 0 Å². The molecule has 2 aromatic carbocycles. The molecule has 2 aromatic rings. The van der Waals surface area contributed by atoms with Gasteiger partial charge in [0.1, 0.15) is 0 Å². The van der Waals surface area contributed by atoms with Crippen molar-refractivity contribution in [2.75, 3.05) is 0 Å². The van der Waals surface area contributed by atoms with Gasteiger partial charge in [0, 0.05) is 0 Å². The Bertz CT molecular complexity index is 554. The number of hydrogen-bond acceptors (Lipinski definition) is 0. The van der Waals surface area contributed by atoms with Gasteiger partial charge in [-0.2, -0.15) is 13.2 Å². The van der Waals surface area contributed by atoms with Crippen LogP contribution < -0.4 is 0 Å². The van der Waals surface area contributed by atoms with E-state index in [2.05, 4.69) is 0 Å². The standard InChI is InChI=1S/C17H15F3/c18-17(19,20)16(15-11-5-2-6-12-15)13-7-10-14-8-3-1-4-9-14/h1-6,8-9,11-13H,7,10H2/b16-13-. The molecule has 3 heteroatoms. The minimum atomic E-state index is -4.32. The van der Waals surface area contributed by atoms with Crippen molar-refractivity contribution in [2.45, 2.75) is 19.0 Å². The summed E-state index contributed by atoms with van der Waals surface area (Å²) in [5, 5.41) is 0. The van der Waals surface area contributed by atoms with Crippen LogP contribution in [-0.2, 0) is 6.42 Å². The van der Waals surface area contributed by atoms with E-state index in [1.807, 2.05) is 30.3 Å². The van der Waals surface area contributed by atoms with Gasteiger partial charge in [0.05, 0.1) is 5.57 Å². The average Bonchev–Trinajstić information content (AvgIpc) is 2.44. The van der Waals surface area contributed by atoms with Crippen molar-refractivity contribution in [1.29, 1.82) is 0 Å². The second-order valence-corrected chi connectivity index (χ2v) is 4.51. The monoisotopic (exact) mass is 276 g/mol. The van der Waals surface area contributed by atoms with Crippen molar-refractivity contribution >= 4 is 5.57 Å². The fourth-order valence-electron chi connectivity index (χ4n) is 2.04. The fourth-order valence-corrected chi connectivity index (χ4v) is 2.04. The summed E-state index contributed by atoms with van der Waals surface area (Å²) in [6.45, 7) is 0. The number of alkyl halides is 3. The SMILES string of the molecule is FC(F)(F)/C(=C\CCc1ccccc1)c1ccccc1. The van der Waals surface area contributed by atoms with Crippen LogP contribution in [0.15, 0.2) is 66.7 Å². The molecule has 0 aliphatic heterocycles. The smallest absolute Gasteiger partial charge is 0.166 e. The number of benzene rings is 2. The molecule has 0 saturated carbocycles. The third kappa shape index (κ3) is 3.98. The molecule has 0 aromatic heterocycles. The molecule has 0 saturated heterocycles. The van der Waals surface area contributed by atoms with Gasteiger partial charge >= 0.3 is 6.18 Å². The first-order valence-corrected chi connectivity index (χ1v) is 6.44. The summed E-state index contributed by atoms with van der Waals surface area (Å²) in [6.07, 6.45) is -2.07. The van der Waals surface area contributed by atoms with Crippen LogP contribution in [0.1, 0.15) is 17.5 Å². The molecule has 0 radical (unpaired) electrons. The van der Waals surface area contributed by atoms with Gasteiger partial charge in [-0.05, 0) is 24.0 Å². The minimum absolute atomic E-state index is 0.216. The van der Waals surface area contributed by atoms with E-state index >= 15 is 0 Å². The van der Waals surface area contributed by atoms with E-state index in [0.29, 0.717) is 12.8 Å². The summed E-state index contributed by atoms with van der Waals surface area (Å²) in [7, 11) is 0. The summed E-state index contributed by atoms with van der Waals surface area (Å²) >= 11 is 0. The molecule has 0 nitrogen and oxygen atoms in total. The van der Waals surface area contributed by atoms with Crippen LogP contribution in [0.4, 0.5) is 13.2 Å². The second kappa shape index (κ2) is 6.42. The lowest BCUT2D eigenvalue weighted by molar-refractivity contribution is -0.0690. The van der Waals surface area contributed by atoms with Crippen LogP contribution in [0.2, 0.25) is 0 Å². The third-order valence-corrected chi connectivity index (χ3v) is 3.01. The highest BCUT2D eigenvalue weighted by atomic mass is 19.4. The Balaban J connectivity index is 2.14. The van der Waals surface area contributed by atoms with Gasteiger partial charge < -0.3 is 0 Å². The summed E-state index contributed by atoms with van der Waals surface area (Å²) < 4.78 is 39.2. The zero-order valence-corrected chi connectivity index (χ0v) is 10.9. The number of hydrogen-bond donors (Lipinski definition) is 0. The van der Waals surface area contributed by atoms with E-state index < -0.39 is 11.7 Å². The molecule has 0 aliphatic rings. The summed E-state index contributed by atoms with van der Waals surface area (Å²) in [4.78, 5) is 0. The molecule has 20 heavy (non-hydrogen) atoms. The first-order valence-electron chi connectivity index (χ1n) is 6.44. The third-order valence-electron chi connectivity index (χ3n) is 3.01. The molecular formula is C17H15F3. The van der Waals surface area contributed by atoms with Crippen LogP contribution in [0, 0.1) is 0 Å². The van der Waals surface area contributed by atoms with Crippen molar-refractivity contribution in [1.82, 2.24) is 0 Å². The number of halogens is 3. The number of rotatable bonds is 4. The Morgan fingerprint density at radius 2 is 1.40 bits per heavy atom. The molecule has 2 rings (SSSR count). The maximum atomic E-state index is 13.1. The molecule has 0 amide bonds. The van der Waals surface area contributed by atoms with E-state index in [4.69, 9.17) is 0 Å². The van der Waals surface area contributed by atoms with Crippen molar-refractivity contribution in [3.05, 3.63) is 77.9 Å². The molecule has 0 spiro atoms. The Morgan fingerprint density at radius 1 is 0.850 bits per heavy atom. The number of aryl methyl sites for hydroxylation is 1. The van der Waals surface area contributed by atoms with E-state index in [-0.39, 0.29) is 5.56 Å². The molecule has 0 heterocycles. The highest BCUT2D eigenvalue weighted by Crippen LogP contribution is 2.34. The van der Waals surface area contributed by atoms with Crippen molar-refractivity contribution < 1.29 is 13.2 Å². The van der Waals surface area contributed by atoms with Crippen molar-refractivity contribution in [3.8, 4) is 0 Å². The second-order valence-electron chi connectivity index (χ2n) is 4.51. The van der Waals surface area contributed by atoms with Gasteiger partial charge in [-0.1, -0.05) is 66.7 Å². The normalized spacial score (nSPS) is 12.4. The highest BCUT2D eigenvalue weighted by Gasteiger charge is 2.34. The minimum Gasteiger partial charge on any atom is -0.166 e. The van der Waals surface area contributed by atoms with Crippen LogP contribution in [0.25, 0.3) is 5.57 Å². The molecule has 0 aliphatic carbocycles. The quantitative estimate of drug-likeness (QED) is 0.714. The summed E-state index contributed by atoms with van der Waals surface area (Å²) in [5.74, 6) is 0. The Hall–Kier alpha value is -2.03. The van der Waals surface area contributed by atoms with Gasteiger partial charge in [-0.3, -0.25) is 0 Å². The van der Waals surface area contributed by atoms with E-state index in [9.17, 15) is 13.2 Å². The average molecular weight is 276 g/mol. The van der Waals surface area contributed by atoms with Crippen LogP contribution in [-0.4, -0.2) is 6.18 Å². The predicted molar refractivity (Wildman–Crippen MR) is 75.2 cm³/mol. The zero-order chi connectivity index (χ0) is 14.4. The lowest BCUT2D eigenvalue weighted by atomic mass is 10.0. The van der Waals surface area contributed by atoms with E-state index in [0.717, 1.165) is 5.56 Å². The molecule has 0 bridgehead atoms. The van der Waals surface area contributed by atoms with Gasteiger partial charge in [-0.15, -0.1) is 0 Å². The molecule has 0 fully saturated rings. The first-order chi connectivity index (χ1) is 9.57. The topological polar surface area (TPSA) is 0 Å². The number of allylic oxidation sites excluding steroid dienone is 2. The van der Waals surface area contributed by atoms with Gasteiger partial charge in [0.2, 0.25) is 0 Å². The first kappa shape index (κ1) is 14.4. The van der Waals surface area contributed by atoms with E-state index in [1.54, 1.807) is 18.2 Å². The molecular weight excluding hydrogens is 261 g/mol. The Kier molecular flexibility index (Phi) is 4.61. The fraction of sp³-hybridized carbons (Fsp3) is 0.176. The zero-order valence-electron chi connectivity index (χ0n) is 10.9. The lowest BCUT2D eigenvalue weighted by Crippen LogP contribution is -2.10. The van der Waals surface area contributed by atoms with Crippen LogP contribution >= 0.6 is 0 Å². The van der Waals surface area contributed by atoms with Gasteiger partial charge in [-0.25, -0.2) is 0 Å². The van der Waals surface area contributed by atoms with Crippen molar-refractivity contribution in [3.63, 3.8) is 0 Å². The summed E-state index contributed by atoms with van der Waals surface area (Å²) in [6, 6.07) is 17.4.